The largest absolute Gasteiger partial charge is 0.294 e. The molecule has 1 aliphatic rings. The van der Waals surface area contributed by atoms with Gasteiger partial charge >= 0.3 is 0 Å². The third kappa shape index (κ3) is 4.17. The molecule has 4 nitrogen and oxygen atoms in total. The Balaban J connectivity index is 1.91. The van der Waals surface area contributed by atoms with Crippen LogP contribution < -0.4 is 0 Å². The van der Waals surface area contributed by atoms with Gasteiger partial charge in [-0.05, 0) is 18.4 Å². The van der Waals surface area contributed by atoms with Crippen LogP contribution in [0.4, 0.5) is 0 Å². The number of carbonyl (C=O) groups excluding carboxylic acids is 1. The number of hydrogen-bond donors (Lipinski definition) is 0. The second-order valence-corrected chi connectivity index (χ2v) is 8.51. The predicted octanol–water partition coefficient (Wildman–Crippen LogP) is 3.82. The molecule has 0 aromatic heterocycles. The molecule has 0 amide bonds. The maximum Gasteiger partial charge on any atom is 0.221 e. The number of ketones is 1. The van der Waals surface area contributed by atoms with E-state index in [1.54, 1.807) is 40.7 Å². The normalized spacial score (nSPS) is 17.1. The van der Waals surface area contributed by atoms with Crippen molar-refractivity contribution >= 4 is 15.8 Å². The zero-order chi connectivity index (χ0) is 17.7. The van der Waals surface area contributed by atoms with Crippen molar-refractivity contribution < 1.29 is 13.2 Å². The van der Waals surface area contributed by atoms with E-state index in [0.29, 0.717) is 24.2 Å². The maximum absolute atomic E-state index is 13.2. The number of hydrogen-bond acceptors (Lipinski definition) is 3. The lowest BCUT2D eigenvalue weighted by molar-refractivity contribution is 0.0980. The van der Waals surface area contributed by atoms with Crippen LogP contribution in [-0.2, 0) is 10.0 Å². The van der Waals surface area contributed by atoms with Crippen molar-refractivity contribution in [1.82, 2.24) is 4.31 Å². The van der Waals surface area contributed by atoms with Gasteiger partial charge in [0, 0.05) is 25.1 Å². The minimum absolute atomic E-state index is 0.0349. The van der Waals surface area contributed by atoms with E-state index in [9.17, 15) is 13.2 Å². The molecule has 3 rings (SSSR count). The summed E-state index contributed by atoms with van der Waals surface area (Å²) in [6.45, 7) is 1.09. The van der Waals surface area contributed by atoms with Crippen molar-refractivity contribution in [3.8, 4) is 0 Å². The van der Waals surface area contributed by atoms with Crippen molar-refractivity contribution in [3.63, 3.8) is 0 Å². The molecule has 2 aromatic carbocycles. The first-order valence-electron chi connectivity index (χ1n) is 8.71. The van der Waals surface area contributed by atoms with Gasteiger partial charge in [-0.25, -0.2) is 12.7 Å². The summed E-state index contributed by atoms with van der Waals surface area (Å²) in [5, 5.41) is -0.834. The second kappa shape index (κ2) is 7.93. The average Bonchev–Trinajstić information content (AvgIpc) is 2.68. The summed E-state index contributed by atoms with van der Waals surface area (Å²) >= 11 is 0. The number of nitrogens with zero attached hydrogens (tertiary/aromatic N) is 1. The fraction of sp³-hybridized carbons (Fsp3) is 0.350. The van der Waals surface area contributed by atoms with Gasteiger partial charge in [0.15, 0.2) is 5.78 Å². The Bertz CT molecular complexity index is 797. The van der Waals surface area contributed by atoms with Crippen LogP contribution in [0.15, 0.2) is 60.7 Å². The first-order chi connectivity index (χ1) is 12.1. The van der Waals surface area contributed by atoms with Gasteiger partial charge in [-0.2, -0.15) is 0 Å². The predicted molar refractivity (Wildman–Crippen MR) is 98.9 cm³/mol. The first-order valence-corrected chi connectivity index (χ1v) is 10.2. The van der Waals surface area contributed by atoms with Gasteiger partial charge in [0.05, 0.1) is 0 Å². The maximum atomic E-state index is 13.2. The van der Waals surface area contributed by atoms with Crippen LogP contribution in [0.1, 0.15) is 46.9 Å². The average molecular weight is 357 g/mol. The van der Waals surface area contributed by atoms with E-state index in [4.69, 9.17) is 0 Å². The van der Waals surface area contributed by atoms with Crippen LogP contribution in [-0.4, -0.2) is 31.6 Å². The van der Waals surface area contributed by atoms with E-state index in [2.05, 4.69) is 0 Å². The quantitative estimate of drug-likeness (QED) is 0.739. The number of sulfonamides is 1. The molecule has 0 N–H and O–H groups in total. The highest BCUT2D eigenvalue weighted by Crippen LogP contribution is 2.32. The monoisotopic (exact) mass is 357 g/mol. The van der Waals surface area contributed by atoms with E-state index in [0.717, 1.165) is 19.3 Å². The van der Waals surface area contributed by atoms with E-state index in [-0.39, 0.29) is 12.2 Å². The summed E-state index contributed by atoms with van der Waals surface area (Å²) in [5.41, 5.74) is 1.23. The first kappa shape index (κ1) is 17.8. The SMILES string of the molecule is O=C(CC(c1ccccc1)S(=O)(=O)N1CCCCC1)c1ccccc1. The molecule has 1 saturated heterocycles. The van der Waals surface area contributed by atoms with Gasteiger partial charge in [0.1, 0.15) is 5.25 Å². The lowest BCUT2D eigenvalue weighted by atomic mass is 10.0. The van der Waals surface area contributed by atoms with Crippen LogP contribution >= 0.6 is 0 Å². The molecule has 5 heteroatoms. The second-order valence-electron chi connectivity index (χ2n) is 6.40. The summed E-state index contributed by atoms with van der Waals surface area (Å²) in [4.78, 5) is 12.7. The highest BCUT2D eigenvalue weighted by Gasteiger charge is 2.35. The van der Waals surface area contributed by atoms with Crippen molar-refractivity contribution in [2.75, 3.05) is 13.1 Å². The van der Waals surface area contributed by atoms with Gasteiger partial charge in [0.2, 0.25) is 10.0 Å². The fourth-order valence-corrected chi connectivity index (χ4v) is 5.26. The number of Topliss-reactive ketones (excluding diaryl/α,β-unsaturated/α-hetero) is 1. The topological polar surface area (TPSA) is 54.5 Å². The minimum Gasteiger partial charge on any atom is -0.294 e. The zero-order valence-electron chi connectivity index (χ0n) is 14.2. The lowest BCUT2D eigenvalue weighted by Gasteiger charge is -2.30. The third-order valence-electron chi connectivity index (χ3n) is 4.67. The van der Waals surface area contributed by atoms with Gasteiger partial charge in [-0.3, -0.25) is 4.79 Å². The Morgan fingerprint density at radius 1 is 0.880 bits per heavy atom. The molecule has 0 spiro atoms. The Morgan fingerprint density at radius 2 is 1.44 bits per heavy atom. The van der Waals surface area contributed by atoms with E-state index in [1.165, 1.54) is 0 Å². The third-order valence-corrected chi connectivity index (χ3v) is 6.92. The minimum atomic E-state index is -3.57. The molecule has 1 aliphatic heterocycles. The molecule has 1 heterocycles. The molecule has 0 bridgehead atoms. The van der Waals surface area contributed by atoms with Crippen molar-refractivity contribution in [2.24, 2.45) is 0 Å². The molecule has 1 atom stereocenters. The number of benzene rings is 2. The zero-order valence-corrected chi connectivity index (χ0v) is 15.0. The van der Waals surface area contributed by atoms with Crippen LogP contribution in [0.3, 0.4) is 0 Å². The summed E-state index contributed by atoms with van der Waals surface area (Å²) in [6, 6.07) is 18.0. The summed E-state index contributed by atoms with van der Waals surface area (Å²) in [6.07, 6.45) is 2.79. The van der Waals surface area contributed by atoms with E-state index >= 15 is 0 Å². The molecule has 132 valence electrons. The molecule has 2 aromatic rings. The highest BCUT2D eigenvalue weighted by molar-refractivity contribution is 7.89. The Labute approximate surface area is 149 Å². The molecule has 0 aliphatic carbocycles. The smallest absolute Gasteiger partial charge is 0.221 e. The molecule has 0 saturated carbocycles. The molecule has 0 radical (unpaired) electrons. The van der Waals surface area contributed by atoms with Gasteiger partial charge in [0.25, 0.3) is 0 Å². The van der Waals surface area contributed by atoms with Crippen molar-refractivity contribution in [3.05, 3.63) is 71.8 Å². The standard InChI is InChI=1S/C20H23NO3S/c22-19(17-10-4-1-5-11-17)16-20(18-12-6-2-7-13-18)25(23,24)21-14-8-3-9-15-21/h1-2,4-7,10-13,20H,3,8-9,14-16H2. The lowest BCUT2D eigenvalue weighted by Crippen LogP contribution is -2.39. The van der Waals surface area contributed by atoms with E-state index in [1.807, 2.05) is 24.3 Å². The van der Waals surface area contributed by atoms with Crippen LogP contribution in [0.2, 0.25) is 0 Å². The Hall–Kier alpha value is -1.98. The molecule has 1 fully saturated rings. The number of carbonyl (C=O) groups is 1. The van der Waals surface area contributed by atoms with Crippen LogP contribution in [0.5, 0.6) is 0 Å². The van der Waals surface area contributed by atoms with E-state index < -0.39 is 15.3 Å². The molecular weight excluding hydrogens is 334 g/mol. The summed E-state index contributed by atoms with van der Waals surface area (Å²) in [5.74, 6) is -0.143. The highest BCUT2D eigenvalue weighted by atomic mass is 32.2. The molecule has 1 unspecified atom stereocenters. The van der Waals surface area contributed by atoms with Crippen LogP contribution in [0, 0.1) is 0 Å². The van der Waals surface area contributed by atoms with Gasteiger partial charge in [-0.15, -0.1) is 0 Å². The van der Waals surface area contributed by atoms with Gasteiger partial charge < -0.3 is 0 Å². The van der Waals surface area contributed by atoms with Crippen molar-refractivity contribution in [2.45, 2.75) is 30.9 Å². The Kier molecular flexibility index (Phi) is 5.66. The summed E-state index contributed by atoms with van der Waals surface area (Å²) in [7, 11) is -3.57. The van der Waals surface area contributed by atoms with Gasteiger partial charge in [-0.1, -0.05) is 67.1 Å². The van der Waals surface area contributed by atoms with Crippen LogP contribution in [0.25, 0.3) is 0 Å². The summed E-state index contributed by atoms with van der Waals surface area (Å²) < 4.78 is 28.0. The van der Waals surface area contributed by atoms with Crippen molar-refractivity contribution in [1.29, 1.82) is 0 Å². The molecular formula is C20H23NO3S. The Morgan fingerprint density at radius 3 is 2.04 bits per heavy atom. The fourth-order valence-electron chi connectivity index (χ4n) is 3.27. The number of piperidine rings is 1. The number of rotatable bonds is 6. The molecule has 25 heavy (non-hydrogen) atoms.